The van der Waals surface area contributed by atoms with Gasteiger partial charge in [0.2, 0.25) is 0 Å². The van der Waals surface area contributed by atoms with Crippen LogP contribution in [0, 0.1) is 0 Å². The van der Waals surface area contributed by atoms with Gasteiger partial charge in [0.15, 0.2) is 0 Å². The molecule has 1 rings (SSSR count). The zero-order valence-corrected chi connectivity index (χ0v) is 10.3. The highest BCUT2D eigenvalue weighted by atomic mass is 35.5. The maximum Gasteiger partial charge on any atom is 0.357 e. The molecule has 0 aromatic carbocycles. The van der Waals surface area contributed by atoms with Gasteiger partial charge in [0.1, 0.15) is 5.54 Å². The second-order valence-electron chi connectivity index (χ2n) is 3.68. The molecule has 0 atom stereocenters. The van der Waals surface area contributed by atoms with Crippen LogP contribution in [-0.2, 0) is 4.79 Å². The van der Waals surface area contributed by atoms with Gasteiger partial charge >= 0.3 is 6.03 Å². The first-order chi connectivity index (χ1) is 7.01. The number of urea groups is 1. The van der Waals surface area contributed by atoms with Crippen molar-refractivity contribution in [3.8, 4) is 0 Å². The molecule has 0 bridgehead atoms. The van der Waals surface area contributed by atoms with Crippen molar-refractivity contribution >= 4 is 35.5 Å². The predicted octanol–water partition coefficient (Wildman–Crippen LogP) is 2.90. The predicted molar refractivity (Wildman–Crippen MR) is 58.3 cm³/mol. The molecular formula is C9H14Cl2N2O2. The van der Waals surface area contributed by atoms with Gasteiger partial charge in [-0.2, -0.15) is 4.42 Å². The van der Waals surface area contributed by atoms with E-state index in [4.69, 9.17) is 23.6 Å². The summed E-state index contributed by atoms with van der Waals surface area (Å²) in [5, 5.41) is 0. The summed E-state index contributed by atoms with van der Waals surface area (Å²) in [6, 6.07) is -0.648. The van der Waals surface area contributed by atoms with Crippen molar-refractivity contribution in [2.75, 3.05) is 0 Å². The maximum atomic E-state index is 11.9. The van der Waals surface area contributed by atoms with Crippen molar-refractivity contribution in [1.29, 1.82) is 0 Å². The Hall–Kier alpha value is -0.480. The lowest BCUT2D eigenvalue weighted by Gasteiger charge is -2.29. The summed E-state index contributed by atoms with van der Waals surface area (Å²) in [4.78, 5) is 23.3. The number of hydrogen-bond acceptors (Lipinski definition) is 2. The van der Waals surface area contributed by atoms with Gasteiger partial charge in [-0.05, 0) is 12.8 Å². The molecule has 1 saturated heterocycles. The summed E-state index contributed by atoms with van der Waals surface area (Å²) in [6.07, 6.45) is 2.62. The zero-order valence-electron chi connectivity index (χ0n) is 8.80. The van der Waals surface area contributed by atoms with Gasteiger partial charge in [-0.25, -0.2) is 9.21 Å². The summed E-state index contributed by atoms with van der Waals surface area (Å²) < 4.78 is 1.54. The molecule has 0 N–H and O–H groups in total. The molecule has 86 valence electrons. The molecule has 15 heavy (non-hydrogen) atoms. The first kappa shape index (κ1) is 12.6. The third kappa shape index (κ3) is 1.81. The van der Waals surface area contributed by atoms with Crippen LogP contribution >= 0.6 is 23.6 Å². The minimum atomic E-state index is -0.941. The van der Waals surface area contributed by atoms with E-state index in [1.165, 1.54) is 0 Å². The zero-order chi connectivity index (χ0) is 11.6. The average molecular weight is 253 g/mol. The molecule has 0 saturated carbocycles. The van der Waals surface area contributed by atoms with Crippen LogP contribution in [0.15, 0.2) is 0 Å². The van der Waals surface area contributed by atoms with E-state index in [0.717, 1.165) is 17.3 Å². The fourth-order valence-electron chi connectivity index (χ4n) is 1.98. The molecule has 1 heterocycles. The van der Waals surface area contributed by atoms with Crippen LogP contribution in [0.2, 0.25) is 0 Å². The van der Waals surface area contributed by atoms with E-state index in [1.807, 2.05) is 13.8 Å². The third-order valence-electron chi connectivity index (χ3n) is 2.62. The van der Waals surface area contributed by atoms with E-state index < -0.39 is 17.5 Å². The normalized spacial score (nSPS) is 20.3. The van der Waals surface area contributed by atoms with Crippen molar-refractivity contribution in [3.05, 3.63) is 0 Å². The van der Waals surface area contributed by atoms with Gasteiger partial charge < -0.3 is 0 Å². The molecule has 0 aliphatic carbocycles. The molecule has 0 aromatic rings. The van der Waals surface area contributed by atoms with Gasteiger partial charge in [-0.3, -0.25) is 4.79 Å². The van der Waals surface area contributed by atoms with E-state index in [2.05, 4.69) is 0 Å². The summed E-state index contributed by atoms with van der Waals surface area (Å²) >= 11 is 11.4. The van der Waals surface area contributed by atoms with E-state index >= 15 is 0 Å². The summed E-state index contributed by atoms with van der Waals surface area (Å²) in [5.74, 6) is -0.409. The van der Waals surface area contributed by atoms with Gasteiger partial charge in [0.25, 0.3) is 5.91 Å². The van der Waals surface area contributed by atoms with Crippen molar-refractivity contribution in [3.63, 3.8) is 0 Å². The standard InChI is InChI=1S/C9H14Cl2N2O2/c1-3-5-9(6-4-2)7(14)12(10)8(15)13(9)11/h3-6H2,1-2H3. The Bertz CT molecular complexity index is 277. The Morgan fingerprint density at radius 1 is 1.13 bits per heavy atom. The fourth-order valence-corrected chi connectivity index (χ4v) is 2.56. The molecular weight excluding hydrogens is 239 g/mol. The second kappa shape index (κ2) is 4.58. The lowest BCUT2D eigenvalue weighted by atomic mass is 9.89. The lowest BCUT2D eigenvalue weighted by molar-refractivity contribution is -0.129. The number of hydrogen-bond donors (Lipinski definition) is 0. The van der Waals surface area contributed by atoms with Crippen molar-refractivity contribution in [2.24, 2.45) is 0 Å². The Labute approximate surface area is 99.3 Å². The molecule has 1 fully saturated rings. The van der Waals surface area contributed by atoms with E-state index in [0.29, 0.717) is 17.3 Å². The molecule has 0 unspecified atom stereocenters. The average Bonchev–Trinajstić information content (AvgIpc) is 2.36. The molecule has 6 heteroatoms. The van der Waals surface area contributed by atoms with Crippen LogP contribution in [0.4, 0.5) is 4.79 Å². The molecule has 1 aliphatic rings. The third-order valence-corrected chi connectivity index (χ3v) is 3.38. The highest BCUT2D eigenvalue weighted by Gasteiger charge is 2.56. The summed E-state index contributed by atoms with van der Waals surface area (Å²) in [6.45, 7) is 3.88. The van der Waals surface area contributed by atoms with Gasteiger partial charge in [-0.15, -0.1) is 0 Å². The van der Waals surface area contributed by atoms with Crippen molar-refractivity contribution < 1.29 is 9.59 Å². The smallest absolute Gasteiger partial charge is 0.270 e. The van der Waals surface area contributed by atoms with Crippen LogP contribution in [0.3, 0.4) is 0 Å². The molecule has 1 aliphatic heterocycles. The Kier molecular flexibility index (Phi) is 3.84. The minimum Gasteiger partial charge on any atom is -0.270 e. The largest absolute Gasteiger partial charge is 0.357 e. The van der Waals surface area contributed by atoms with Crippen LogP contribution in [-0.4, -0.2) is 26.3 Å². The molecule has 3 amide bonds. The summed E-state index contributed by atoms with van der Waals surface area (Å²) in [7, 11) is 0. The van der Waals surface area contributed by atoms with E-state index in [1.54, 1.807) is 0 Å². The number of amides is 3. The van der Waals surface area contributed by atoms with Crippen LogP contribution in [0.1, 0.15) is 39.5 Å². The number of rotatable bonds is 4. The van der Waals surface area contributed by atoms with Crippen molar-refractivity contribution in [1.82, 2.24) is 8.84 Å². The first-order valence-corrected chi connectivity index (χ1v) is 5.69. The molecule has 0 radical (unpaired) electrons. The number of carbonyl (C=O) groups is 2. The molecule has 0 aromatic heterocycles. The molecule has 0 spiro atoms. The van der Waals surface area contributed by atoms with E-state index in [9.17, 15) is 9.59 Å². The quantitative estimate of drug-likeness (QED) is 0.571. The maximum absolute atomic E-state index is 11.9. The summed E-state index contributed by atoms with van der Waals surface area (Å²) in [5.41, 5.74) is -0.941. The minimum absolute atomic E-state index is 0.409. The fraction of sp³-hybridized carbons (Fsp3) is 0.778. The number of halogens is 2. The van der Waals surface area contributed by atoms with Crippen LogP contribution in [0.5, 0.6) is 0 Å². The SMILES string of the molecule is CCCC1(CCC)C(=O)N(Cl)C(=O)N1Cl. The lowest BCUT2D eigenvalue weighted by Crippen LogP contribution is -2.45. The monoisotopic (exact) mass is 252 g/mol. The highest BCUT2D eigenvalue weighted by molar-refractivity contribution is 6.39. The Morgan fingerprint density at radius 2 is 1.60 bits per heavy atom. The Morgan fingerprint density at radius 3 is 1.87 bits per heavy atom. The van der Waals surface area contributed by atoms with Crippen molar-refractivity contribution in [2.45, 2.75) is 45.1 Å². The molecule has 4 nitrogen and oxygen atoms in total. The number of carbonyl (C=O) groups excluding carboxylic acids is 2. The Balaban J connectivity index is 3.05. The van der Waals surface area contributed by atoms with E-state index in [-0.39, 0.29) is 0 Å². The number of nitrogens with zero attached hydrogens (tertiary/aromatic N) is 2. The van der Waals surface area contributed by atoms with Gasteiger partial charge in [0, 0.05) is 23.6 Å². The number of imide groups is 1. The van der Waals surface area contributed by atoms with Gasteiger partial charge in [0.05, 0.1) is 0 Å². The first-order valence-electron chi connectivity index (χ1n) is 5.01. The second-order valence-corrected chi connectivity index (χ2v) is 4.36. The van der Waals surface area contributed by atoms with Gasteiger partial charge in [-0.1, -0.05) is 26.7 Å². The van der Waals surface area contributed by atoms with Crippen LogP contribution in [0.25, 0.3) is 0 Å². The topological polar surface area (TPSA) is 40.6 Å². The van der Waals surface area contributed by atoms with Crippen LogP contribution < -0.4 is 0 Å². The highest BCUT2D eigenvalue weighted by Crippen LogP contribution is 2.38.